The Morgan fingerprint density at radius 3 is 2.80 bits per heavy atom. The van der Waals surface area contributed by atoms with Crippen LogP contribution >= 0.6 is 11.8 Å². The molecule has 0 aliphatic heterocycles. The lowest BCUT2D eigenvalue weighted by Gasteiger charge is -2.25. The third-order valence-corrected chi connectivity index (χ3v) is 6.17. The van der Waals surface area contributed by atoms with Gasteiger partial charge in [0.1, 0.15) is 0 Å². The monoisotopic (exact) mass is 289 g/mol. The fourth-order valence-corrected chi connectivity index (χ4v) is 5.09. The Labute approximate surface area is 127 Å². The van der Waals surface area contributed by atoms with E-state index >= 15 is 0 Å². The first-order valence-corrected chi connectivity index (χ1v) is 9.26. The van der Waals surface area contributed by atoms with E-state index in [9.17, 15) is 0 Å². The van der Waals surface area contributed by atoms with Crippen LogP contribution in [-0.2, 0) is 12.8 Å². The number of rotatable bonds is 4. The lowest BCUT2D eigenvalue weighted by atomic mass is 10.1. The summed E-state index contributed by atoms with van der Waals surface area (Å²) in [5.41, 5.74) is 3.21. The minimum absolute atomic E-state index is 0.709. The van der Waals surface area contributed by atoms with Crippen LogP contribution in [0.3, 0.4) is 0 Å². The highest BCUT2D eigenvalue weighted by Crippen LogP contribution is 2.35. The van der Waals surface area contributed by atoms with Crippen LogP contribution in [0, 0.1) is 0 Å². The summed E-state index contributed by atoms with van der Waals surface area (Å²) in [7, 11) is 0. The number of nitrogens with one attached hydrogen (secondary N) is 1. The molecule has 2 heteroatoms. The molecule has 1 nitrogen and oxygen atoms in total. The zero-order valence-electron chi connectivity index (χ0n) is 12.7. The number of fused-ring (bicyclic) bond motifs is 1. The summed E-state index contributed by atoms with van der Waals surface area (Å²) in [6.45, 7) is 3.34. The molecule has 0 heterocycles. The molecule has 1 N–H and O–H groups in total. The van der Waals surface area contributed by atoms with E-state index in [0.717, 1.165) is 11.8 Å². The van der Waals surface area contributed by atoms with Gasteiger partial charge >= 0.3 is 0 Å². The Bertz CT molecular complexity index is 443. The quantitative estimate of drug-likeness (QED) is 0.814. The molecule has 1 aromatic carbocycles. The molecule has 2 atom stereocenters. The summed E-state index contributed by atoms with van der Waals surface area (Å²) >= 11 is 2.13. The molecule has 1 aromatic rings. The Kier molecular flexibility index (Phi) is 5.06. The van der Waals surface area contributed by atoms with Crippen molar-refractivity contribution in [3.63, 3.8) is 0 Å². The van der Waals surface area contributed by atoms with Gasteiger partial charge < -0.3 is 5.32 Å². The van der Waals surface area contributed by atoms with Gasteiger partial charge in [-0.3, -0.25) is 0 Å². The molecule has 0 saturated heterocycles. The summed E-state index contributed by atoms with van der Waals surface area (Å²) in [6.07, 6.45) is 10.9. The van der Waals surface area contributed by atoms with Crippen molar-refractivity contribution in [3.8, 4) is 0 Å². The smallest absolute Gasteiger partial charge is 0.0248 e. The molecule has 1 fully saturated rings. The normalized spacial score (nSPS) is 26.2. The Morgan fingerprint density at radius 1 is 1.05 bits per heavy atom. The first-order chi connectivity index (χ1) is 9.86. The van der Waals surface area contributed by atoms with E-state index < -0.39 is 0 Å². The first kappa shape index (κ1) is 14.5. The van der Waals surface area contributed by atoms with Gasteiger partial charge in [0.25, 0.3) is 0 Å². The Hall–Kier alpha value is -0.470. The predicted octanol–water partition coefficient (Wildman–Crippen LogP) is 4.58. The third kappa shape index (κ3) is 3.40. The summed E-state index contributed by atoms with van der Waals surface area (Å²) < 4.78 is 0. The maximum Gasteiger partial charge on any atom is 0.0248 e. The highest BCUT2D eigenvalue weighted by Gasteiger charge is 2.24. The van der Waals surface area contributed by atoms with Crippen molar-refractivity contribution < 1.29 is 0 Å². The Balaban J connectivity index is 1.70. The van der Waals surface area contributed by atoms with Crippen LogP contribution in [0.15, 0.2) is 23.1 Å². The van der Waals surface area contributed by atoms with Crippen LogP contribution in [0.2, 0.25) is 0 Å². The van der Waals surface area contributed by atoms with Crippen molar-refractivity contribution >= 4 is 11.8 Å². The molecule has 0 bridgehead atoms. The second-order valence-electron chi connectivity index (χ2n) is 6.24. The van der Waals surface area contributed by atoms with Crippen molar-refractivity contribution in [2.45, 2.75) is 74.5 Å². The number of hydrogen-bond donors (Lipinski definition) is 1. The van der Waals surface area contributed by atoms with Crippen molar-refractivity contribution in [1.29, 1.82) is 0 Å². The minimum atomic E-state index is 0.709. The highest BCUT2D eigenvalue weighted by atomic mass is 32.2. The summed E-state index contributed by atoms with van der Waals surface area (Å²) in [5.74, 6) is 0. The van der Waals surface area contributed by atoms with Gasteiger partial charge in [0.15, 0.2) is 0 Å². The van der Waals surface area contributed by atoms with E-state index in [-0.39, 0.29) is 0 Å². The van der Waals surface area contributed by atoms with E-state index in [1.807, 2.05) is 0 Å². The number of thioether (sulfide) groups is 1. The summed E-state index contributed by atoms with van der Waals surface area (Å²) in [4.78, 5) is 1.50. The second-order valence-corrected chi connectivity index (χ2v) is 7.56. The van der Waals surface area contributed by atoms with Gasteiger partial charge in [0, 0.05) is 16.2 Å². The van der Waals surface area contributed by atoms with E-state index in [4.69, 9.17) is 0 Å². The Morgan fingerprint density at radius 2 is 1.90 bits per heavy atom. The molecule has 2 unspecified atom stereocenters. The molecule has 0 amide bonds. The minimum Gasteiger partial charge on any atom is -0.313 e. The van der Waals surface area contributed by atoms with Crippen molar-refractivity contribution in [2.75, 3.05) is 6.54 Å². The van der Waals surface area contributed by atoms with Crippen LogP contribution in [-0.4, -0.2) is 17.8 Å². The van der Waals surface area contributed by atoms with Gasteiger partial charge in [-0.15, -0.1) is 11.8 Å². The lowest BCUT2D eigenvalue weighted by molar-refractivity contribution is 0.482. The van der Waals surface area contributed by atoms with Gasteiger partial charge in [-0.2, -0.15) is 0 Å². The molecular weight excluding hydrogens is 262 g/mol. The van der Waals surface area contributed by atoms with Crippen LogP contribution in [0.25, 0.3) is 0 Å². The van der Waals surface area contributed by atoms with Gasteiger partial charge in [-0.05, 0) is 61.9 Å². The molecule has 110 valence electrons. The maximum absolute atomic E-state index is 3.73. The van der Waals surface area contributed by atoms with E-state index in [0.29, 0.717) is 6.04 Å². The zero-order valence-corrected chi connectivity index (χ0v) is 13.5. The second kappa shape index (κ2) is 7.00. The molecule has 1 saturated carbocycles. The van der Waals surface area contributed by atoms with E-state index in [1.54, 1.807) is 11.1 Å². The number of hydrogen-bond acceptors (Lipinski definition) is 2. The average Bonchev–Trinajstić information content (AvgIpc) is 2.82. The highest BCUT2D eigenvalue weighted by molar-refractivity contribution is 8.00. The fraction of sp³-hybridized carbons (Fsp3) is 0.667. The predicted molar refractivity (Wildman–Crippen MR) is 88.7 cm³/mol. The SMILES string of the molecule is CCNC1CCCCCC1Sc1ccc2c(c1)CCC2. The lowest BCUT2D eigenvalue weighted by Crippen LogP contribution is -2.37. The number of benzene rings is 1. The van der Waals surface area contributed by atoms with Gasteiger partial charge in [0.05, 0.1) is 0 Å². The standard InChI is InChI=1S/C18H27NS/c1-2-19-17-9-4-3-5-10-18(17)20-16-12-11-14-7-6-8-15(14)13-16/h11-13,17-19H,2-10H2,1H3. The molecule has 3 rings (SSSR count). The van der Waals surface area contributed by atoms with Crippen LogP contribution in [0.5, 0.6) is 0 Å². The van der Waals surface area contributed by atoms with E-state index in [2.05, 4.69) is 42.2 Å². The largest absolute Gasteiger partial charge is 0.313 e. The molecule has 2 aliphatic rings. The summed E-state index contributed by atoms with van der Waals surface area (Å²) in [5, 5.41) is 4.49. The third-order valence-electron chi connectivity index (χ3n) is 4.78. The molecule has 2 aliphatic carbocycles. The molecular formula is C18H27NS. The van der Waals surface area contributed by atoms with Crippen molar-refractivity contribution in [1.82, 2.24) is 5.32 Å². The number of aryl methyl sites for hydroxylation is 2. The van der Waals surface area contributed by atoms with Gasteiger partial charge in [-0.25, -0.2) is 0 Å². The van der Waals surface area contributed by atoms with E-state index in [1.165, 1.54) is 56.3 Å². The fourth-order valence-electron chi connectivity index (χ4n) is 3.71. The first-order valence-electron chi connectivity index (χ1n) is 8.38. The van der Waals surface area contributed by atoms with Crippen LogP contribution in [0.4, 0.5) is 0 Å². The molecule has 0 aromatic heterocycles. The van der Waals surface area contributed by atoms with Gasteiger partial charge in [-0.1, -0.05) is 32.3 Å². The average molecular weight is 289 g/mol. The zero-order chi connectivity index (χ0) is 13.8. The summed E-state index contributed by atoms with van der Waals surface area (Å²) in [6, 6.07) is 7.92. The van der Waals surface area contributed by atoms with Crippen molar-refractivity contribution in [2.24, 2.45) is 0 Å². The van der Waals surface area contributed by atoms with Crippen LogP contribution < -0.4 is 5.32 Å². The topological polar surface area (TPSA) is 12.0 Å². The maximum atomic E-state index is 3.73. The molecule has 20 heavy (non-hydrogen) atoms. The van der Waals surface area contributed by atoms with Crippen molar-refractivity contribution in [3.05, 3.63) is 29.3 Å². The van der Waals surface area contributed by atoms with Gasteiger partial charge in [0.2, 0.25) is 0 Å². The van der Waals surface area contributed by atoms with Crippen LogP contribution in [0.1, 0.15) is 56.6 Å². The molecule has 0 spiro atoms. The molecule has 0 radical (unpaired) electrons.